The van der Waals surface area contributed by atoms with E-state index in [0.29, 0.717) is 0 Å². The largest absolute Gasteiger partial charge is 0.465 e. The minimum Gasteiger partial charge on any atom is -0.465 e. The highest BCUT2D eigenvalue weighted by Gasteiger charge is 2.57. The summed E-state index contributed by atoms with van der Waals surface area (Å²) in [5.41, 5.74) is -0.0261. The van der Waals surface area contributed by atoms with Gasteiger partial charge in [0.1, 0.15) is 11.7 Å². The smallest absolute Gasteiger partial charge is 0.341 e. The Kier molecular flexibility index (Phi) is 4.21. The minimum absolute atomic E-state index is 0.0182. The molecule has 7 nitrogen and oxygen atoms in total. The fourth-order valence-electron chi connectivity index (χ4n) is 2.51. The Hall–Kier alpha value is -1.28. The predicted octanol–water partition coefficient (Wildman–Crippen LogP) is 0.568. The first-order valence-corrected chi connectivity index (χ1v) is 6.59. The maximum absolute atomic E-state index is 12.0. The highest BCUT2D eigenvalue weighted by atomic mass is 16.8. The third-order valence-corrected chi connectivity index (χ3v) is 4.13. The van der Waals surface area contributed by atoms with E-state index in [9.17, 15) is 9.59 Å². The van der Waals surface area contributed by atoms with Gasteiger partial charge in [0.2, 0.25) is 11.6 Å². The number of ketones is 1. The molecule has 0 unspecified atom stereocenters. The van der Waals surface area contributed by atoms with Crippen molar-refractivity contribution in [1.82, 2.24) is 0 Å². The summed E-state index contributed by atoms with van der Waals surface area (Å²) >= 11 is 0. The van der Waals surface area contributed by atoms with Crippen molar-refractivity contribution in [2.75, 3.05) is 21.3 Å². The molecule has 0 aromatic heterocycles. The lowest BCUT2D eigenvalue weighted by Crippen LogP contribution is -2.65. The molecule has 0 aromatic rings. The molecule has 21 heavy (non-hydrogen) atoms. The maximum atomic E-state index is 12.0. The number of esters is 1. The van der Waals surface area contributed by atoms with Crippen molar-refractivity contribution >= 4 is 11.8 Å². The molecule has 2 aliphatic rings. The van der Waals surface area contributed by atoms with Crippen LogP contribution in [-0.2, 0) is 33.3 Å². The van der Waals surface area contributed by atoms with E-state index >= 15 is 0 Å². The Balaban J connectivity index is 2.34. The van der Waals surface area contributed by atoms with Crippen molar-refractivity contribution in [3.63, 3.8) is 0 Å². The number of rotatable bonds is 3. The lowest BCUT2D eigenvalue weighted by Gasteiger charge is -2.52. The summed E-state index contributed by atoms with van der Waals surface area (Å²) in [5.74, 6) is -3.37. The van der Waals surface area contributed by atoms with Gasteiger partial charge in [0.15, 0.2) is 5.78 Å². The fraction of sp³-hybridized carbons (Fsp3) is 0.714. The minimum atomic E-state index is -1.18. The fourth-order valence-corrected chi connectivity index (χ4v) is 2.51. The molecule has 0 amide bonds. The summed E-state index contributed by atoms with van der Waals surface area (Å²) in [4.78, 5) is 23.6. The van der Waals surface area contributed by atoms with Crippen LogP contribution >= 0.6 is 0 Å². The number of hydrogen-bond donors (Lipinski definition) is 0. The first-order valence-electron chi connectivity index (χ1n) is 6.59. The molecule has 1 fully saturated rings. The molecule has 2 rings (SSSR count). The average molecular weight is 300 g/mol. The first-order chi connectivity index (χ1) is 9.80. The van der Waals surface area contributed by atoms with Gasteiger partial charge in [0, 0.05) is 20.6 Å². The zero-order chi connectivity index (χ0) is 15.8. The summed E-state index contributed by atoms with van der Waals surface area (Å²) in [6.45, 7) is 3.35. The average Bonchev–Trinajstić information content (AvgIpc) is 2.47. The van der Waals surface area contributed by atoms with Crippen molar-refractivity contribution in [3.8, 4) is 0 Å². The summed E-state index contributed by atoms with van der Waals surface area (Å²) < 4.78 is 27.1. The van der Waals surface area contributed by atoms with E-state index in [-0.39, 0.29) is 17.8 Å². The van der Waals surface area contributed by atoms with Crippen molar-refractivity contribution in [2.24, 2.45) is 0 Å². The molecule has 1 aliphatic heterocycles. The maximum Gasteiger partial charge on any atom is 0.341 e. The normalized spacial score (nSPS) is 39.5. The number of methoxy groups -OCH3 is 3. The van der Waals surface area contributed by atoms with Crippen molar-refractivity contribution in [1.29, 1.82) is 0 Å². The van der Waals surface area contributed by atoms with Crippen LogP contribution < -0.4 is 0 Å². The van der Waals surface area contributed by atoms with E-state index in [1.165, 1.54) is 27.4 Å². The molecule has 4 atom stereocenters. The summed E-state index contributed by atoms with van der Waals surface area (Å²) in [5, 5.41) is 0. The van der Waals surface area contributed by atoms with Gasteiger partial charge < -0.3 is 23.7 Å². The van der Waals surface area contributed by atoms with Gasteiger partial charge in [-0.15, -0.1) is 0 Å². The molecular formula is C14H20O7. The van der Waals surface area contributed by atoms with Gasteiger partial charge in [-0.3, -0.25) is 4.79 Å². The standard InChI is InChI=1S/C14H20O7/c1-13(18-4)14(2,19-5)21-11-7-9(15)8(12(16)17-3)6-10(11)20-13/h6,10-11H,7H2,1-5H3/t10-,11-,13+,14+/m1/s1. The molecule has 0 saturated carbocycles. The molecule has 0 N–H and O–H groups in total. The van der Waals surface area contributed by atoms with E-state index in [1.807, 2.05) is 0 Å². The number of fused-ring (bicyclic) bond motifs is 1. The van der Waals surface area contributed by atoms with Crippen LogP contribution in [0.3, 0.4) is 0 Å². The summed E-state index contributed by atoms with van der Waals surface area (Å²) in [7, 11) is 4.17. The second-order valence-corrected chi connectivity index (χ2v) is 5.24. The number of Topliss-reactive ketones (excluding diaryl/α,β-unsaturated/α-hetero) is 1. The number of carbonyl (C=O) groups excluding carboxylic acids is 2. The van der Waals surface area contributed by atoms with Gasteiger partial charge in [-0.25, -0.2) is 4.79 Å². The number of ether oxygens (including phenoxy) is 5. The van der Waals surface area contributed by atoms with Crippen LogP contribution in [0, 0.1) is 0 Å². The van der Waals surface area contributed by atoms with Crippen LogP contribution in [0.1, 0.15) is 20.3 Å². The van der Waals surface area contributed by atoms with Gasteiger partial charge in [0.05, 0.1) is 13.2 Å². The van der Waals surface area contributed by atoms with E-state index in [4.69, 9.17) is 18.9 Å². The molecule has 0 spiro atoms. The predicted molar refractivity (Wildman–Crippen MR) is 70.3 cm³/mol. The number of carbonyl (C=O) groups is 2. The van der Waals surface area contributed by atoms with Crippen LogP contribution in [-0.4, -0.2) is 56.9 Å². The lowest BCUT2D eigenvalue weighted by molar-refractivity contribution is -0.442. The SMILES string of the molecule is COC(=O)C1=C[C@H]2O[C@](C)(OC)[C@@](C)(OC)O[C@@H]2CC1=O. The van der Waals surface area contributed by atoms with E-state index in [2.05, 4.69) is 4.74 Å². The van der Waals surface area contributed by atoms with Gasteiger partial charge >= 0.3 is 5.97 Å². The van der Waals surface area contributed by atoms with Crippen LogP contribution in [0.5, 0.6) is 0 Å². The second-order valence-electron chi connectivity index (χ2n) is 5.24. The topological polar surface area (TPSA) is 80.3 Å². The van der Waals surface area contributed by atoms with Gasteiger partial charge in [0.25, 0.3) is 0 Å². The van der Waals surface area contributed by atoms with E-state index < -0.39 is 29.8 Å². The zero-order valence-corrected chi connectivity index (χ0v) is 12.8. The third-order valence-electron chi connectivity index (χ3n) is 4.13. The highest BCUT2D eigenvalue weighted by molar-refractivity contribution is 6.18. The third kappa shape index (κ3) is 2.50. The Morgan fingerprint density at radius 3 is 2.29 bits per heavy atom. The highest BCUT2D eigenvalue weighted by Crippen LogP contribution is 2.42. The Morgan fingerprint density at radius 2 is 1.76 bits per heavy atom. The van der Waals surface area contributed by atoms with Crippen LogP contribution in [0.15, 0.2) is 11.6 Å². The summed E-state index contributed by atoms with van der Waals surface area (Å²) in [6.07, 6.45) is 0.309. The van der Waals surface area contributed by atoms with Crippen molar-refractivity contribution in [2.45, 2.75) is 44.1 Å². The molecule has 1 aliphatic carbocycles. The quantitative estimate of drug-likeness (QED) is 0.556. The number of hydrogen-bond acceptors (Lipinski definition) is 7. The van der Waals surface area contributed by atoms with E-state index in [1.54, 1.807) is 13.8 Å². The molecule has 0 aromatic carbocycles. The molecule has 0 bridgehead atoms. The van der Waals surface area contributed by atoms with Gasteiger partial charge in [-0.1, -0.05) is 0 Å². The molecule has 7 heteroatoms. The van der Waals surface area contributed by atoms with Gasteiger partial charge in [-0.05, 0) is 19.9 Å². The Bertz CT molecular complexity index is 486. The molecule has 1 heterocycles. The van der Waals surface area contributed by atoms with Crippen LogP contribution in [0.25, 0.3) is 0 Å². The van der Waals surface area contributed by atoms with Crippen LogP contribution in [0.4, 0.5) is 0 Å². The molecule has 0 radical (unpaired) electrons. The van der Waals surface area contributed by atoms with Crippen molar-refractivity contribution in [3.05, 3.63) is 11.6 Å². The molecule has 118 valence electrons. The lowest BCUT2D eigenvalue weighted by atomic mass is 9.91. The Morgan fingerprint density at radius 1 is 1.19 bits per heavy atom. The molecule has 1 saturated heterocycles. The monoisotopic (exact) mass is 300 g/mol. The second kappa shape index (κ2) is 5.49. The Labute approximate surface area is 123 Å². The van der Waals surface area contributed by atoms with Crippen LogP contribution in [0.2, 0.25) is 0 Å². The van der Waals surface area contributed by atoms with E-state index in [0.717, 1.165) is 0 Å². The zero-order valence-electron chi connectivity index (χ0n) is 12.8. The molecular weight excluding hydrogens is 280 g/mol. The summed E-state index contributed by atoms with van der Waals surface area (Å²) in [6, 6.07) is 0. The van der Waals surface area contributed by atoms with Crippen molar-refractivity contribution < 1.29 is 33.3 Å². The first kappa shape index (κ1) is 16.1. The van der Waals surface area contributed by atoms with Gasteiger partial charge in [-0.2, -0.15) is 0 Å².